The van der Waals surface area contributed by atoms with Crippen molar-refractivity contribution < 1.29 is 4.39 Å². The molecule has 1 heterocycles. The Balaban J connectivity index is 2.26. The number of hydrogen-bond acceptors (Lipinski definition) is 2. The molecule has 1 unspecified atom stereocenters. The van der Waals surface area contributed by atoms with E-state index in [0.29, 0.717) is 11.0 Å². The second kappa shape index (κ2) is 5.85. The molecule has 4 heteroatoms. The zero-order chi connectivity index (χ0) is 13.1. The van der Waals surface area contributed by atoms with Crippen molar-refractivity contribution in [3.05, 3.63) is 52.0 Å². The van der Waals surface area contributed by atoms with Crippen LogP contribution in [0.1, 0.15) is 23.4 Å². The molecule has 2 rings (SSSR count). The summed E-state index contributed by atoms with van der Waals surface area (Å²) in [6.45, 7) is 2.09. The summed E-state index contributed by atoms with van der Waals surface area (Å²) in [6, 6.07) is 9.66. The van der Waals surface area contributed by atoms with Crippen molar-refractivity contribution >= 4 is 33.0 Å². The molecule has 1 aromatic heterocycles. The van der Waals surface area contributed by atoms with Gasteiger partial charge in [0.2, 0.25) is 0 Å². The van der Waals surface area contributed by atoms with E-state index in [4.69, 9.17) is 0 Å². The van der Waals surface area contributed by atoms with E-state index in [9.17, 15) is 4.39 Å². The monoisotopic (exact) mass is 327 g/mol. The Morgan fingerprint density at radius 2 is 2.17 bits per heavy atom. The summed E-state index contributed by atoms with van der Waals surface area (Å²) < 4.78 is 14.0. The molecule has 0 aliphatic heterocycles. The van der Waals surface area contributed by atoms with Gasteiger partial charge >= 0.3 is 0 Å². The molecule has 0 amide bonds. The largest absolute Gasteiger partial charge is 0.365 e. The summed E-state index contributed by atoms with van der Waals surface area (Å²) in [4.78, 5) is 3.21. The molecule has 0 radical (unpaired) electrons. The lowest BCUT2D eigenvalue weighted by Gasteiger charge is -2.26. The van der Waals surface area contributed by atoms with Crippen LogP contribution in [0.4, 0.5) is 10.1 Å². The Morgan fingerprint density at radius 1 is 1.39 bits per heavy atom. The van der Waals surface area contributed by atoms with Gasteiger partial charge in [0.25, 0.3) is 0 Å². The van der Waals surface area contributed by atoms with Crippen LogP contribution in [-0.2, 0) is 5.33 Å². The van der Waals surface area contributed by atoms with E-state index in [0.717, 1.165) is 5.56 Å². The van der Waals surface area contributed by atoms with E-state index in [1.807, 2.05) is 35.5 Å². The van der Waals surface area contributed by atoms with E-state index < -0.39 is 0 Å². The minimum atomic E-state index is -0.169. The molecule has 2 aromatic rings. The predicted molar refractivity (Wildman–Crippen MR) is 80.2 cm³/mol. The summed E-state index contributed by atoms with van der Waals surface area (Å²) in [6.07, 6.45) is 0. The van der Waals surface area contributed by atoms with Crippen LogP contribution in [0, 0.1) is 5.82 Å². The number of hydrogen-bond donors (Lipinski definition) is 0. The molecular weight excluding hydrogens is 313 g/mol. The summed E-state index contributed by atoms with van der Waals surface area (Å²) >= 11 is 5.03. The standard InChI is InChI=1S/C14H15BrFNS/c1-10(14-4-3-7-18-14)17(2)13-6-5-11(9-15)8-12(13)16/h3-8,10H,9H2,1-2H3. The van der Waals surface area contributed by atoms with Crippen molar-refractivity contribution in [2.75, 3.05) is 11.9 Å². The summed E-state index contributed by atoms with van der Waals surface area (Å²) in [5.41, 5.74) is 1.59. The number of anilines is 1. The molecule has 0 N–H and O–H groups in total. The number of alkyl halides is 1. The third kappa shape index (κ3) is 2.75. The van der Waals surface area contributed by atoms with Crippen molar-refractivity contribution in [3.63, 3.8) is 0 Å². The highest BCUT2D eigenvalue weighted by molar-refractivity contribution is 9.08. The fourth-order valence-electron chi connectivity index (χ4n) is 1.85. The topological polar surface area (TPSA) is 3.24 Å². The Hall–Kier alpha value is -0.870. The normalized spacial score (nSPS) is 12.4. The lowest BCUT2D eigenvalue weighted by molar-refractivity contribution is 0.612. The van der Waals surface area contributed by atoms with Gasteiger partial charge < -0.3 is 4.90 Å². The smallest absolute Gasteiger partial charge is 0.146 e. The second-order valence-electron chi connectivity index (χ2n) is 4.22. The minimum Gasteiger partial charge on any atom is -0.365 e. The zero-order valence-electron chi connectivity index (χ0n) is 10.4. The third-order valence-electron chi connectivity index (χ3n) is 3.08. The van der Waals surface area contributed by atoms with Gasteiger partial charge in [-0.1, -0.05) is 28.1 Å². The van der Waals surface area contributed by atoms with Crippen LogP contribution in [0.2, 0.25) is 0 Å². The first-order chi connectivity index (χ1) is 8.63. The molecule has 96 valence electrons. The molecule has 0 aliphatic rings. The Morgan fingerprint density at radius 3 is 2.72 bits per heavy atom. The Labute approximate surface area is 119 Å². The van der Waals surface area contributed by atoms with E-state index >= 15 is 0 Å². The molecule has 1 nitrogen and oxygen atoms in total. The summed E-state index contributed by atoms with van der Waals surface area (Å²) in [5, 5.41) is 2.72. The Kier molecular flexibility index (Phi) is 4.40. The molecule has 18 heavy (non-hydrogen) atoms. The third-order valence-corrected chi connectivity index (χ3v) is 4.77. The maximum Gasteiger partial charge on any atom is 0.146 e. The SMILES string of the molecule is CC(c1cccs1)N(C)c1ccc(CBr)cc1F. The van der Waals surface area contributed by atoms with Gasteiger partial charge in [0.05, 0.1) is 11.7 Å². The van der Waals surface area contributed by atoms with Gasteiger partial charge in [0, 0.05) is 17.3 Å². The first kappa shape index (κ1) is 13.6. The van der Waals surface area contributed by atoms with Crippen molar-refractivity contribution in [1.82, 2.24) is 0 Å². The van der Waals surface area contributed by atoms with E-state index in [1.54, 1.807) is 17.4 Å². The molecule has 0 saturated heterocycles. The molecule has 0 spiro atoms. The van der Waals surface area contributed by atoms with Crippen LogP contribution in [0.3, 0.4) is 0 Å². The quantitative estimate of drug-likeness (QED) is 0.716. The molecule has 0 aliphatic carbocycles. The number of nitrogens with zero attached hydrogens (tertiary/aromatic N) is 1. The molecular formula is C14H15BrFNS. The van der Waals surface area contributed by atoms with Gasteiger partial charge in [0.15, 0.2) is 0 Å². The maximum atomic E-state index is 14.0. The van der Waals surface area contributed by atoms with E-state index in [2.05, 4.69) is 28.9 Å². The van der Waals surface area contributed by atoms with Crippen molar-refractivity contribution in [2.45, 2.75) is 18.3 Å². The van der Waals surface area contributed by atoms with Gasteiger partial charge in [-0.3, -0.25) is 0 Å². The number of benzene rings is 1. The highest BCUT2D eigenvalue weighted by Crippen LogP contribution is 2.30. The predicted octanol–water partition coefficient (Wildman–Crippen LogP) is 4.98. The van der Waals surface area contributed by atoms with Gasteiger partial charge in [-0.2, -0.15) is 0 Å². The van der Waals surface area contributed by atoms with E-state index in [1.165, 1.54) is 4.88 Å². The molecule has 0 saturated carbocycles. The van der Waals surface area contributed by atoms with Gasteiger partial charge in [-0.25, -0.2) is 4.39 Å². The second-order valence-corrected chi connectivity index (χ2v) is 5.76. The first-order valence-electron chi connectivity index (χ1n) is 5.74. The molecule has 1 aromatic carbocycles. The lowest BCUT2D eigenvalue weighted by atomic mass is 10.1. The first-order valence-corrected chi connectivity index (χ1v) is 7.74. The van der Waals surface area contributed by atoms with Crippen molar-refractivity contribution in [1.29, 1.82) is 0 Å². The molecule has 1 atom stereocenters. The van der Waals surface area contributed by atoms with Crippen LogP contribution < -0.4 is 4.90 Å². The average molecular weight is 328 g/mol. The summed E-state index contributed by atoms with van der Waals surface area (Å²) in [5.74, 6) is -0.169. The van der Waals surface area contributed by atoms with E-state index in [-0.39, 0.29) is 11.9 Å². The Bertz CT molecular complexity index is 513. The highest BCUT2D eigenvalue weighted by Gasteiger charge is 2.16. The number of halogens is 2. The van der Waals surface area contributed by atoms with Gasteiger partial charge in [-0.15, -0.1) is 11.3 Å². The van der Waals surface area contributed by atoms with Crippen LogP contribution >= 0.6 is 27.3 Å². The number of rotatable bonds is 4. The van der Waals surface area contributed by atoms with Crippen LogP contribution in [0.25, 0.3) is 0 Å². The van der Waals surface area contributed by atoms with Gasteiger partial charge in [0.1, 0.15) is 5.82 Å². The molecule has 0 fully saturated rings. The average Bonchev–Trinajstić information content (AvgIpc) is 2.90. The summed E-state index contributed by atoms with van der Waals surface area (Å²) in [7, 11) is 1.93. The maximum absolute atomic E-state index is 14.0. The molecule has 0 bridgehead atoms. The zero-order valence-corrected chi connectivity index (χ0v) is 12.8. The van der Waals surface area contributed by atoms with Crippen molar-refractivity contribution in [3.8, 4) is 0 Å². The highest BCUT2D eigenvalue weighted by atomic mass is 79.9. The minimum absolute atomic E-state index is 0.169. The van der Waals surface area contributed by atoms with Crippen LogP contribution in [0.15, 0.2) is 35.7 Å². The number of thiophene rings is 1. The van der Waals surface area contributed by atoms with Crippen LogP contribution in [0.5, 0.6) is 0 Å². The van der Waals surface area contributed by atoms with Gasteiger partial charge in [-0.05, 0) is 36.1 Å². The van der Waals surface area contributed by atoms with Crippen LogP contribution in [-0.4, -0.2) is 7.05 Å². The van der Waals surface area contributed by atoms with Crippen molar-refractivity contribution in [2.24, 2.45) is 0 Å². The lowest BCUT2D eigenvalue weighted by Crippen LogP contribution is -2.21. The fourth-order valence-corrected chi connectivity index (χ4v) is 3.02. The fraction of sp³-hybridized carbons (Fsp3) is 0.286.